The highest BCUT2D eigenvalue weighted by molar-refractivity contribution is 5.92. The number of benzene rings is 2. The van der Waals surface area contributed by atoms with E-state index < -0.39 is 0 Å². The SMILES string of the molecule is Cc1cc(C)cc(Oc2ncnc(Nc3cccc4cccnc34)c2N)c1. The van der Waals surface area contributed by atoms with E-state index in [9.17, 15) is 0 Å². The van der Waals surface area contributed by atoms with E-state index in [2.05, 4.69) is 26.3 Å². The fourth-order valence-electron chi connectivity index (χ4n) is 3.00. The molecule has 2 aromatic carbocycles. The van der Waals surface area contributed by atoms with Gasteiger partial charge in [-0.2, -0.15) is 4.98 Å². The molecule has 3 N–H and O–H groups in total. The van der Waals surface area contributed by atoms with Crippen molar-refractivity contribution in [3.63, 3.8) is 0 Å². The van der Waals surface area contributed by atoms with Crippen LogP contribution in [0.25, 0.3) is 10.9 Å². The van der Waals surface area contributed by atoms with E-state index in [0.29, 0.717) is 23.1 Å². The fourth-order valence-corrected chi connectivity index (χ4v) is 3.00. The molecular weight excluding hydrogens is 338 g/mol. The summed E-state index contributed by atoms with van der Waals surface area (Å²) in [6, 6.07) is 15.8. The molecule has 27 heavy (non-hydrogen) atoms. The number of para-hydroxylation sites is 1. The number of nitrogen functional groups attached to an aromatic ring is 1. The smallest absolute Gasteiger partial charge is 0.248 e. The van der Waals surface area contributed by atoms with Crippen molar-refractivity contribution in [3.8, 4) is 11.6 Å². The molecule has 4 aromatic rings. The predicted molar refractivity (Wildman–Crippen MR) is 107 cm³/mol. The molecule has 0 saturated carbocycles. The minimum absolute atomic E-state index is 0.311. The van der Waals surface area contributed by atoms with Crippen LogP contribution in [-0.4, -0.2) is 15.0 Å². The summed E-state index contributed by atoms with van der Waals surface area (Å²) in [7, 11) is 0. The zero-order chi connectivity index (χ0) is 18.8. The molecule has 0 unspecified atom stereocenters. The standard InChI is InChI=1S/C21H19N5O/c1-13-9-14(2)11-16(10-13)27-21-18(22)20(24-12-25-21)26-17-7-3-5-15-6-4-8-23-19(15)17/h3-12H,22H2,1-2H3,(H,24,25,26). The van der Waals surface area contributed by atoms with Gasteiger partial charge in [0.05, 0.1) is 11.2 Å². The van der Waals surface area contributed by atoms with Crippen LogP contribution in [0.1, 0.15) is 11.1 Å². The van der Waals surface area contributed by atoms with E-state index >= 15 is 0 Å². The molecule has 0 aliphatic heterocycles. The van der Waals surface area contributed by atoms with Crippen molar-refractivity contribution in [1.29, 1.82) is 0 Å². The lowest BCUT2D eigenvalue weighted by molar-refractivity contribution is 0.464. The van der Waals surface area contributed by atoms with Crippen LogP contribution < -0.4 is 15.8 Å². The molecular formula is C21H19N5O. The maximum absolute atomic E-state index is 6.27. The van der Waals surface area contributed by atoms with Crippen LogP contribution in [0.4, 0.5) is 17.2 Å². The van der Waals surface area contributed by atoms with Gasteiger partial charge in [-0.15, -0.1) is 0 Å². The Labute approximate surface area is 157 Å². The number of nitrogens with one attached hydrogen (secondary N) is 1. The second-order valence-electron chi connectivity index (χ2n) is 6.37. The number of anilines is 3. The molecule has 134 valence electrons. The van der Waals surface area contributed by atoms with Gasteiger partial charge in [0, 0.05) is 11.6 Å². The topological polar surface area (TPSA) is 86.0 Å². The number of nitrogens with two attached hydrogens (primary N) is 1. The second-order valence-corrected chi connectivity index (χ2v) is 6.37. The zero-order valence-corrected chi connectivity index (χ0v) is 15.1. The van der Waals surface area contributed by atoms with Gasteiger partial charge in [0.15, 0.2) is 5.82 Å². The second kappa shape index (κ2) is 6.92. The summed E-state index contributed by atoms with van der Waals surface area (Å²) in [6.45, 7) is 4.04. The van der Waals surface area contributed by atoms with Crippen LogP contribution in [0.15, 0.2) is 61.1 Å². The maximum atomic E-state index is 6.27. The average molecular weight is 357 g/mol. The van der Waals surface area contributed by atoms with Crippen molar-refractivity contribution in [2.24, 2.45) is 0 Å². The highest BCUT2D eigenvalue weighted by Gasteiger charge is 2.12. The Morgan fingerprint density at radius 2 is 1.70 bits per heavy atom. The van der Waals surface area contributed by atoms with E-state index in [1.54, 1.807) is 6.20 Å². The number of fused-ring (bicyclic) bond motifs is 1. The first-order valence-electron chi connectivity index (χ1n) is 8.57. The largest absolute Gasteiger partial charge is 0.437 e. The summed E-state index contributed by atoms with van der Waals surface area (Å²) in [5, 5.41) is 4.28. The Balaban J connectivity index is 1.67. The molecule has 2 aromatic heterocycles. The Morgan fingerprint density at radius 1 is 0.926 bits per heavy atom. The summed E-state index contributed by atoms with van der Waals surface area (Å²) in [5.41, 5.74) is 10.5. The van der Waals surface area contributed by atoms with Crippen molar-refractivity contribution in [2.75, 3.05) is 11.1 Å². The van der Waals surface area contributed by atoms with Crippen molar-refractivity contribution >= 4 is 28.1 Å². The molecule has 0 aliphatic rings. The first kappa shape index (κ1) is 16.8. The fraction of sp³-hybridized carbons (Fsp3) is 0.0952. The van der Waals surface area contributed by atoms with E-state index in [1.807, 2.05) is 56.3 Å². The summed E-state index contributed by atoms with van der Waals surface area (Å²) in [6.07, 6.45) is 3.18. The minimum atomic E-state index is 0.311. The molecule has 0 bridgehead atoms. The number of hydrogen-bond donors (Lipinski definition) is 2. The number of rotatable bonds is 4. The summed E-state index contributed by atoms with van der Waals surface area (Å²) >= 11 is 0. The van der Waals surface area contributed by atoms with Gasteiger partial charge in [0.1, 0.15) is 17.8 Å². The van der Waals surface area contributed by atoms with E-state index in [4.69, 9.17) is 10.5 Å². The van der Waals surface area contributed by atoms with Crippen molar-refractivity contribution in [2.45, 2.75) is 13.8 Å². The highest BCUT2D eigenvalue weighted by Crippen LogP contribution is 2.33. The molecule has 0 aliphatic carbocycles. The molecule has 6 heteroatoms. The monoisotopic (exact) mass is 357 g/mol. The van der Waals surface area contributed by atoms with Gasteiger partial charge in [0.2, 0.25) is 5.88 Å². The summed E-state index contributed by atoms with van der Waals surface area (Å²) in [5.74, 6) is 1.48. The molecule has 0 atom stereocenters. The number of pyridine rings is 1. The summed E-state index contributed by atoms with van der Waals surface area (Å²) in [4.78, 5) is 12.9. The van der Waals surface area contributed by atoms with Gasteiger partial charge >= 0.3 is 0 Å². The normalized spacial score (nSPS) is 10.7. The Bertz CT molecular complexity index is 1100. The predicted octanol–water partition coefficient (Wildman–Crippen LogP) is 4.76. The molecule has 0 fully saturated rings. The number of hydrogen-bond acceptors (Lipinski definition) is 6. The molecule has 0 saturated heterocycles. The van der Waals surface area contributed by atoms with Gasteiger partial charge in [-0.1, -0.05) is 24.3 Å². The van der Waals surface area contributed by atoms with Crippen molar-refractivity contribution in [1.82, 2.24) is 15.0 Å². The molecule has 6 nitrogen and oxygen atoms in total. The lowest BCUT2D eigenvalue weighted by atomic mass is 10.1. The number of aryl methyl sites for hydroxylation is 2. The highest BCUT2D eigenvalue weighted by atomic mass is 16.5. The number of ether oxygens (including phenoxy) is 1. The van der Waals surface area contributed by atoms with Crippen LogP contribution in [-0.2, 0) is 0 Å². The minimum Gasteiger partial charge on any atom is -0.437 e. The zero-order valence-electron chi connectivity index (χ0n) is 15.1. The van der Waals surface area contributed by atoms with Gasteiger partial charge < -0.3 is 15.8 Å². The first-order valence-corrected chi connectivity index (χ1v) is 8.57. The molecule has 4 rings (SSSR count). The Hall–Kier alpha value is -3.67. The van der Waals surface area contributed by atoms with Gasteiger partial charge in [0.25, 0.3) is 0 Å². The van der Waals surface area contributed by atoms with Crippen molar-refractivity contribution in [3.05, 3.63) is 72.2 Å². The summed E-state index contributed by atoms with van der Waals surface area (Å²) < 4.78 is 5.90. The van der Waals surface area contributed by atoms with Crippen molar-refractivity contribution < 1.29 is 4.74 Å². The maximum Gasteiger partial charge on any atom is 0.248 e. The van der Waals surface area contributed by atoms with Crippen LogP contribution in [0.5, 0.6) is 11.6 Å². The van der Waals surface area contributed by atoms with E-state index in [0.717, 1.165) is 27.7 Å². The Morgan fingerprint density at radius 3 is 2.52 bits per heavy atom. The number of nitrogens with zero attached hydrogens (tertiary/aromatic N) is 3. The van der Waals surface area contributed by atoms with Gasteiger partial charge in [-0.3, -0.25) is 4.98 Å². The van der Waals surface area contributed by atoms with Crippen LogP contribution in [0, 0.1) is 13.8 Å². The van der Waals surface area contributed by atoms with Crippen LogP contribution >= 0.6 is 0 Å². The first-order chi connectivity index (χ1) is 13.1. The third-order valence-corrected chi connectivity index (χ3v) is 4.14. The third kappa shape index (κ3) is 3.50. The van der Waals surface area contributed by atoms with Gasteiger partial charge in [-0.25, -0.2) is 4.98 Å². The quantitative estimate of drug-likeness (QED) is 0.548. The molecule has 0 radical (unpaired) electrons. The van der Waals surface area contributed by atoms with E-state index in [1.165, 1.54) is 6.33 Å². The average Bonchev–Trinajstić information content (AvgIpc) is 2.64. The third-order valence-electron chi connectivity index (χ3n) is 4.14. The van der Waals surface area contributed by atoms with Gasteiger partial charge in [-0.05, 0) is 49.2 Å². The lowest BCUT2D eigenvalue weighted by Crippen LogP contribution is -2.03. The molecule has 2 heterocycles. The molecule has 0 spiro atoms. The number of aromatic nitrogens is 3. The van der Waals surface area contributed by atoms with E-state index in [-0.39, 0.29) is 0 Å². The lowest BCUT2D eigenvalue weighted by Gasteiger charge is -2.13. The Kier molecular flexibility index (Phi) is 4.30. The van der Waals surface area contributed by atoms with Crippen LogP contribution in [0.2, 0.25) is 0 Å². The molecule has 0 amide bonds. The van der Waals surface area contributed by atoms with Crippen LogP contribution in [0.3, 0.4) is 0 Å².